The van der Waals surface area contributed by atoms with Crippen molar-refractivity contribution in [1.82, 2.24) is 4.90 Å². The van der Waals surface area contributed by atoms with E-state index in [1.54, 1.807) is 4.90 Å². The number of nitrogens with zero attached hydrogens (tertiary/aromatic N) is 1. The molecule has 0 aromatic heterocycles. The van der Waals surface area contributed by atoms with Gasteiger partial charge in [-0.1, -0.05) is 19.1 Å². The topological polar surface area (TPSA) is 3.24 Å². The van der Waals surface area contributed by atoms with Crippen molar-refractivity contribution in [2.24, 2.45) is 5.92 Å². The minimum Gasteiger partial charge on any atom is -0.292 e. The van der Waals surface area contributed by atoms with Gasteiger partial charge < -0.3 is 0 Å². The summed E-state index contributed by atoms with van der Waals surface area (Å²) in [5.41, 5.74) is -3.23. The molecular weight excluding hydrogens is 449 g/mol. The van der Waals surface area contributed by atoms with Crippen LogP contribution < -0.4 is 0 Å². The Morgan fingerprint density at radius 3 is 1.88 bits per heavy atom. The van der Waals surface area contributed by atoms with Crippen LogP contribution in [0, 0.1) is 5.92 Å². The summed E-state index contributed by atoms with van der Waals surface area (Å²) in [6.07, 6.45) is -13.1. The Morgan fingerprint density at radius 2 is 1.34 bits per heavy atom. The van der Waals surface area contributed by atoms with E-state index in [4.69, 9.17) is 0 Å². The van der Waals surface area contributed by atoms with Gasteiger partial charge in [0.05, 0.1) is 16.7 Å². The highest BCUT2D eigenvalue weighted by atomic mass is 19.4. The third-order valence-electron chi connectivity index (χ3n) is 5.71. The highest BCUT2D eigenvalue weighted by molar-refractivity contribution is 5.36. The molecule has 0 saturated carbocycles. The maximum Gasteiger partial charge on any atom is 0.416 e. The van der Waals surface area contributed by atoms with Crippen molar-refractivity contribution >= 4 is 0 Å². The van der Waals surface area contributed by atoms with Crippen molar-refractivity contribution < 1.29 is 39.5 Å². The standard InChI is InChI=1S/C22H20F9N/c1-13-8-9-32(19(10-13)14-2-4-16(5-3-14)20(23,24)25)12-15-11-17(21(26,27)28)6-7-18(15)22(29,30)31/h2-7,11,13,19H,8-10,12H2,1H3/t13-,19+/m0/s1. The molecule has 1 aliphatic rings. The fraction of sp³-hybridized carbons (Fsp3) is 0.455. The van der Waals surface area contributed by atoms with Crippen LogP contribution in [0.25, 0.3) is 0 Å². The van der Waals surface area contributed by atoms with E-state index in [0.717, 1.165) is 12.1 Å². The van der Waals surface area contributed by atoms with Crippen LogP contribution in [0.1, 0.15) is 53.6 Å². The van der Waals surface area contributed by atoms with Gasteiger partial charge in [0.25, 0.3) is 0 Å². The van der Waals surface area contributed by atoms with E-state index < -0.39 is 53.4 Å². The lowest BCUT2D eigenvalue weighted by atomic mass is 9.87. The summed E-state index contributed by atoms with van der Waals surface area (Å²) in [5.74, 6) is 0.155. The number of benzene rings is 2. The predicted octanol–water partition coefficient (Wildman–Crippen LogP) is 7.72. The Hall–Kier alpha value is -2.23. The van der Waals surface area contributed by atoms with E-state index in [-0.39, 0.29) is 5.92 Å². The first-order chi connectivity index (χ1) is 14.7. The number of piperidine rings is 1. The van der Waals surface area contributed by atoms with Crippen LogP contribution in [0.15, 0.2) is 42.5 Å². The van der Waals surface area contributed by atoms with E-state index in [2.05, 4.69) is 0 Å². The monoisotopic (exact) mass is 469 g/mol. The highest BCUT2D eigenvalue weighted by Crippen LogP contribution is 2.40. The maximum absolute atomic E-state index is 13.5. The van der Waals surface area contributed by atoms with Crippen molar-refractivity contribution in [3.05, 3.63) is 70.3 Å². The van der Waals surface area contributed by atoms with Gasteiger partial charge in [-0.15, -0.1) is 0 Å². The van der Waals surface area contributed by atoms with Gasteiger partial charge in [0.1, 0.15) is 0 Å². The van der Waals surface area contributed by atoms with Gasteiger partial charge in [-0.2, -0.15) is 39.5 Å². The first-order valence-electron chi connectivity index (χ1n) is 9.85. The Bertz CT molecular complexity index is 926. The molecule has 0 aliphatic carbocycles. The molecule has 0 N–H and O–H groups in total. The Balaban J connectivity index is 1.97. The zero-order valence-electron chi connectivity index (χ0n) is 16.9. The molecule has 32 heavy (non-hydrogen) atoms. The van der Waals surface area contributed by atoms with E-state index in [0.29, 0.717) is 43.1 Å². The lowest BCUT2D eigenvalue weighted by Gasteiger charge is -2.39. The summed E-state index contributed by atoms with van der Waals surface area (Å²) < 4.78 is 118. The van der Waals surface area contributed by atoms with Crippen molar-refractivity contribution in [2.75, 3.05) is 6.54 Å². The molecule has 3 rings (SSSR count). The van der Waals surface area contributed by atoms with E-state index in [9.17, 15) is 39.5 Å². The Labute approximate surface area is 178 Å². The fourth-order valence-electron chi connectivity index (χ4n) is 4.02. The fourth-order valence-corrected chi connectivity index (χ4v) is 4.02. The minimum atomic E-state index is -4.84. The zero-order chi connectivity index (χ0) is 23.9. The summed E-state index contributed by atoms with van der Waals surface area (Å²) >= 11 is 0. The molecule has 0 bridgehead atoms. The van der Waals surface area contributed by atoms with Crippen molar-refractivity contribution in [2.45, 2.75) is 50.9 Å². The number of likely N-dealkylation sites (tertiary alicyclic amines) is 1. The number of alkyl halides is 9. The SMILES string of the molecule is C[C@H]1CCN(Cc2cc(C(F)(F)F)ccc2C(F)(F)F)[C@@H](c2ccc(C(F)(F)F)cc2)C1. The molecule has 176 valence electrons. The Morgan fingerprint density at radius 1 is 0.781 bits per heavy atom. The van der Waals surface area contributed by atoms with Crippen LogP contribution in [-0.4, -0.2) is 11.4 Å². The van der Waals surface area contributed by atoms with Crippen LogP contribution in [0.3, 0.4) is 0 Å². The van der Waals surface area contributed by atoms with Crippen molar-refractivity contribution in [3.8, 4) is 0 Å². The van der Waals surface area contributed by atoms with E-state index in [1.807, 2.05) is 6.92 Å². The van der Waals surface area contributed by atoms with Crippen LogP contribution in [-0.2, 0) is 25.1 Å². The minimum absolute atomic E-state index is 0.155. The average molecular weight is 469 g/mol. The predicted molar refractivity (Wildman–Crippen MR) is 99.4 cm³/mol. The Kier molecular flexibility index (Phi) is 6.57. The van der Waals surface area contributed by atoms with Crippen LogP contribution in [0.4, 0.5) is 39.5 Å². The molecule has 2 aromatic carbocycles. The van der Waals surface area contributed by atoms with Crippen LogP contribution >= 0.6 is 0 Å². The lowest BCUT2D eigenvalue weighted by Crippen LogP contribution is -2.36. The second kappa shape index (κ2) is 8.61. The summed E-state index contributed by atoms with van der Waals surface area (Å²) in [5, 5.41) is 0. The second-order valence-corrected chi connectivity index (χ2v) is 8.10. The first-order valence-corrected chi connectivity index (χ1v) is 9.85. The van der Waals surface area contributed by atoms with Crippen LogP contribution in [0.5, 0.6) is 0 Å². The molecular formula is C22H20F9N. The number of hydrogen-bond donors (Lipinski definition) is 0. The molecule has 1 heterocycles. The molecule has 0 radical (unpaired) electrons. The van der Waals surface area contributed by atoms with Gasteiger partial charge >= 0.3 is 18.5 Å². The zero-order valence-corrected chi connectivity index (χ0v) is 16.9. The van der Waals surface area contributed by atoms with Crippen molar-refractivity contribution in [1.29, 1.82) is 0 Å². The largest absolute Gasteiger partial charge is 0.416 e. The van der Waals surface area contributed by atoms with Crippen molar-refractivity contribution in [3.63, 3.8) is 0 Å². The quantitative estimate of drug-likeness (QED) is 0.416. The summed E-state index contributed by atoms with van der Waals surface area (Å²) in [7, 11) is 0. The van der Waals surface area contributed by atoms with Gasteiger partial charge in [-0.3, -0.25) is 4.90 Å². The molecule has 1 fully saturated rings. The van der Waals surface area contributed by atoms with Gasteiger partial charge in [-0.05, 0) is 66.8 Å². The third kappa shape index (κ3) is 5.57. The molecule has 0 spiro atoms. The van der Waals surface area contributed by atoms with Crippen LogP contribution in [0.2, 0.25) is 0 Å². The van der Waals surface area contributed by atoms with E-state index >= 15 is 0 Å². The van der Waals surface area contributed by atoms with Gasteiger partial charge in [0, 0.05) is 12.6 Å². The van der Waals surface area contributed by atoms with Gasteiger partial charge in [0.2, 0.25) is 0 Å². The summed E-state index contributed by atoms with van der Waals surface area (Å²) in [4.78, 5) is 1.60. The molecule has 1 aliphatic heterocycles. The normalized spacial score (nSPS) is 21.1. The maximum atomic E-state index is 13.5. The summed E-state index contributed by atoms with van der Waals surface area (Å²) in [6.45, 7) is 1.82. The lowest BCUT2D eigenvalue weighted by molar-refractivity contribution is -0.142. The number of halogens is 9. The van der Waals surface area contributed by atoms with Gasteiger partial charge in [-0.25, -0.2) is 0 Å². The smallest absolute Gasteiger partial charge is 0.292 e. The molecule has 1 nitrogen and oxygen atoms in total. The molecule has 0 unspecified atom stereocenters. The molecule has 10 heteroatoms. The second-order valence-electron chi connectivity index (χ2n) is 8.10. The average Bonchev–Trinajstić information content (AvgIpc) is 2.67. The van der Waals surface area contributed by atoms with Gasteiger partial charge in [0.15, 0.2) is 0 Å². The number of rotatable bonds is 3. The first kappa shape index (κ1) is 24.4. The summed E-state index contributed by atoms with van der Waals surface area (Å²) in [6, 6.07) is 5.17. The highest BCUT2D eigenvalue weighted by Gasteiger charge is 2.38. The molecule has 2 atom stereocenters. The molecule has 1 saturated heterocycles. The molecule has 2 aromatic rings. The third-order valence-corrected chi connectivity index (χ3v) is 5.71. The van der Waals surface area contributed by atoms with E-state index in [1.165, 1.54) is 12.1 Å². The molecule has 0 amide bonds. The number of hydrogen-bond acceptors (Lipinski definition) is 1.